The second-order valence-corrected chi connectivity index (χ2v) is 7.53. The molecule has 2 amide bonds. The molecule has 4 rings (SSSR count). The molecule has 2 aliphatic heterocycles. The van der Waals surface area contributed by atoms with Crippen molar-refractivity contribution in [3.63, 3.8) is 0 Å². The zero-order valence-electron chi connectivity index (χ0n) is 17.0. The zero-order chi connectivity index (χ0) is 21.1. The molecule has 0 radical (unpaired) electrons. The van der Waals surface area contributed by atoms with Crippen molar-refractivity contribution < 1.29 is 19.1 Å². The van der Waals surface area contributed by atoms with E-state index in [1.165, 1.54) is 12.6 Å². The number of nitrogens with zero attached hydrogens (tertiary/aromatic N) is 3. The number of hydrogen-bond acceptors (Lipinski definition) is 5. The number of ether oxygens (including phenoxy) is 1. The number of fused-ring (bicyclic) bond motifs is 1. The predicted octanol–water partition coefficient (Wildman–Crippen LogP) is 2.35. The molecule has 156 valence electrons. The normalized spacial score (nSPS) is 16.2. The molecule has 0 aromatic heterocycles. The Bertz CT molecular complexity index is 952. The number of Topliss-reactive ketones (excluding diaryl/α,β-unsaturated/α-hetero) is 1. The molecule has 2 aromatic rings. The van der Waals surface area contributed by atoms with E-state index in [2.05, 4.69) is 17.0 Å². The number of ketones is 1. The van der Waals surface area contributed by atoms with Crippen LogP contribution in [0.25, 0.3) is 0 Å². The Hall–Kier alpha value is -3.35. The third-order valence-corrected chi connectivity index (χ3v) is 5.61. The summed E-state index contributed by atoms with van der Waals surface area (Å²) in [5.41, 5.74) is 2.24. The van der Waals surface area contributed by atoms with Crippen molar-refractivity contribution in [1.82, 2.24) is 4.90 Å². The molecule has 2 heterocycles. The summed E-state index contributed by atoms with van der Waals surface area (Å²) in [6.45, 7) is 4.60. The Balaban J connectivity index is 1.37. The second kappa shape index (κ2) is 8.57. The van der Waals surface area contributed by atoms with Crippen LogP contribution in [0.1, 0.15) is 23.7 Å². The highest BCUT2D eigenvalue weighted by atomic mass is 16.5. The fourth-order valence-corrected chi connectivity index (χ4v) is 3.88. The average molecular weight is 407 g/mol. The van der Waals surface area contributed by atoms with Crippen LogP contribution in [-0.2, 0) is 9.59 Å². The molecular formula is C23H25N3O4. The van der Waals surface area contributed by atoms with Crippen LogP contribution in [0.5, 0.6) is 5.75 Å². The summed E-state index contributed by atoms with van der Waals surface area (Å²) >= 11 is 0. The van der Waals surface area contributed by atoms with Gasteiger partial charge in [-0.3, -0.25) is 14.4 Å². The molecule has 0 bridgehead atoms. The van der Waals surface area contributed by atoms with Crippen molar-refractivity contribution in [2.24, 2.45) is 0 Å². The van der Waals surface area contributed by atoms with Crippen molar-refractivity contribution in [3.05, 3.63) is 54.1 Å². The summed E-state index contributed by atoms with van der Waals surface area (Å²) in [7, 11) is 0. The molecule has 1 fully saturated rings. The first-order valence-electron chi connectivity index (χ1n) is 10.2. The average Bonchev–Trinajstić information content (AvgIpc) is 2.78. The van der Waals surface area contributed by atoms with Gasteiger partial charge in [0.1, 0.15) is 5.75 Å². The molecule has 7 heteroatoms. The lowest BCUT2D eigenvalue weighted by Gasteiger charge is -2.36. The second-order valence-electron chi connectivity index (χ2n) is 7.53. The Morgan fingerprint density at radius 2 is 1.73 bits per heavy atom. The summed E-state index contributed by atoms with van der Waals surface area (Å²) < 4.78 is 5.47. The number of rotatable bonds is 5. The maximum absolute atomic E-state index is 12.8. The first-order chi connectivity index (χ1) is 14.5. The van der Waals surface area contributed by atoms with Gasteiger partial charge in [-0.1, -0.05) is 18.2 Å². The number of piperazine rings is 1. The summed E-state index contributed by atoms with van der Waals surface area (Å²) in [6, 6.07) is 15.2. The third-order valence-electron chi connectivity index (χ3n) is 5.61. The van der Waals surface area contributed by atoms with Crippen LogP contribution in [0.3, 0.4) is 0 Å². The van der Waals surface area contributed by atoms with Gasteiger partial charge in [-0.25, -0.2) is 0 Å². The zero-order valence-corrected chi connectivity index (χ0v) is 17.0. The van der Waals surface area contributed by atoms with Crippen LogP contribution < -0.4 is 14.5 Å². The highest BCUT2D eigenvalue weighted by Crippen LogP contribution is 2.33. The number of para-hydroxylation sites is 1. The Morgan fingerprint density at radius 3 is 2.43 bits per heavy atom. The van der Waals surface area contributed by atoms with E-state index >= 15 is 0 Å². The van der Waals surface area contributed by atoms with Crippen molar-refractivity contribution in [1.29, 1.82) is 0 Å². The van der Waals surface area contributed by atoms with E-state index in [1.54, 1.807) is 23.1 Å². The van der Waals surface area contributed by atoms with E-state index in [0.29, 0.717) is 30.1 Å². The van der Waals surface area contributed by atoms with Gasteiger partial charge in [0.25, 0.3) is 5.91 Å². The maximum Gasteiger partial charge on any atom is 0.265 e. The summed E-state index contributed by atoms with van der Waals surface area (Å²) in [5, 5.41) is 0. The van der Waals surface area contributed by atoms with Gasteiger partial charge < -0.3 is 19.4 Å². The van der Waals surface area contributed by atoms with Gasteiger partial charge in [-0.15, -0.1) is 0 Å². The SMILES string of the molecule is CC(=O)c1ccc2c(c1)N(CCC(=O)N1CCN(c3ccccc3)CC1)C(=O)CO2. The quantitative estimate of drug-likeness (QED) is 0.712. The molecule has 7 nitrogen and oxygen atoms in total. The minimum atomic E-state index is -0.204. The molecule has 0 N–H and O–H groups in total. The van der Waals surface area contributed by atoms with Crippen LogP contribution in [0.4, 0.5) is 11.4 Å². The lowest BCUT2D eigenvalue weighted by Crippen LogP contribution is -2.49. The molecular weight excluding hydrogens is 382 g/mol. The van der Waals surface area contributed by atoms with Gasteiger partial charge in [0.2, 0.25) is 5.91 Å². The van der Waals surface area contributed by atoms with E-state index in [4.69, 9.17) is 4.74 Å². The van der Waals surface area contributed by atoms with Gasteiger partial charge in [-0.2, -0.15) is 0 Å². The maximum atomic E-state index is 12.8. The third kappa shape index (κ3) is 4.15. The number of carbonyl (C=O) groups excluding carboxylic acids is 3. The van der Waals surface area contributed by atoms with Crippen LogP contribution in [0, 0.1) is 0 Å². The fraction of sp³-hybridized carbons (Fsp3) is 0.348. The van der Waals surface area contributed by atoms with Crippen LogP contribution >= 0.6 is 0 Å². The number of carbonyl (C=O) groups is 3. The Morgan fingerprint density at radius 1 is 1.00 bits per heavy atom. The van der Waals surface area contributed by atoms with E-state index in [0.717, 1.165) is 13.1 Å². The predicted molar refractivity (Wildman–Crippen MR) is 114 cm³/mol. The molecule has 0 unspecified atom stereocenters. The van der Waals surface area contributed by atoms with Crippen molar-refractivity contribution >= 4 is 29.0 Å². The molecule has 2 aromatic carbocycles. The summed E-state index contributed by atoms with van der Waals surface area (Å²) in [5.74, 6) is 0.308. The van der Waals surface area contributed by atoms with Gasteiger partial charge in [-0.05, 0) is 37.3 Å². The molecule has 0 spiro atoms. The smallest absolute Gasteiger partial charge is 0.265 e. The lowest BCUT2D eigenvalue weighted by molar-refractivity contribution is -0.131. The molecule has 0 aliphatic carbocycles. The van der Waals surface area contributed by atoms with Crippen LogP contribution in [0.15, 0.2) is 48.5 Å². The van der Waals surface area contributed by atoms with Crippen molar-refractivity contribution in [3.8, 4) is 5.75 Å². The number of hydrogen-bond donors (Lipinski definition) is 0. The molecule has 1 saturated heterocycles. The van der Waals surface area contributed by atoms with Crippen molar-refractivity contribution in [2.45, 2.75) is 13.3 Å². The molecule has 0 saturated carbocycles. The van der Waals surface area contributed by atoms with Crippen molar-refractivity contribution in [2.75, 3.05) is 49.1 Å². The van der Waals surface area contributed by atoms with Gasteiger partial charge in [0.15, 0.2) is 12.4 Å². The van der Waals surface area contributed by atoms with E-state index in [1.807, 2.05) is 23.1 Å². The molecule has 30 heavy (non-hydrogen) atoms. The number of amides is 2. The first-order valence-corrected chi connectivity index (χ1v) is 10.2. The largest absolute Gasteiger partial charge is 0.482 e. The number of benzene rings is 2. The van der Waals surface area contributed by atoms with Crippen LogP contribution in [-0.4, -0.2) is 61.8 Å². The first kappa shape index (κ1) is 19.9. The van der Waals surface area contributed by atoms with Gasteiger partial charge in [0, 0.05) is 50.4 Å². The van der Waals surface area contributed by atoms with E-state index in [9.17, 15) is 14.4 Å². The summed E-state index contributed by atoms with van der Waals surface area (Å²) in [4.78, 5) is 42.6. The highest BCUT2D eigenvalue weighted by molar-refractivity contribution is 6.01. The highest BCUT2D eigenvalue weighted by Gasteiger charge is 2.28. The molecule has 2 aliphatic rings. The minimum Gasteiger partial charge on any atom is -0.482 e. The van der Waals surface area contributed by atoms with E-state index in [-0.39, 0.29) is 37.2 Å². The monoisotopic (exact) mass is 407 g/mol. The Labute approximate surface area is 175 Å². The molecule has 0 atom stereocenters. The number of anilines is 2. The Kier molecular flexibility index (Phi) is 5.70. The standard InChI is InChI=1S/C23H25N3O4/c1-17(27)18-7-8-21-20(15-18)26(23(29)16-30-21)10-9-22(28)25-13-11-24(12-14-25)19-5-3-2-4-6-19/h2-8,15H,9-14,16H2,1H3. The van der Waals surface area contributed by atoms with Gasteiger partial charge in [0.05, 0.1) is 5.69 Å². The van der Waals surface area contributed by atoms with Gasteiger partial charge >= 0.3 is 0 Å². The summed E-state index contributed by atoms with van der Waals surface area (Å²) in [6.07, 6.45) is 0.237. The van der Waals surface area contributed by atoms with Crippen LogP contribution in [0.2, 0.25) is 0 Å². The minimum absolute atomic E-state index is 0.0336. The van der Waals surface area contributed by atoms with E-state index < -0.39 is 0 Å². The fourth-order valence-electron chi connectivity index (χ4n) is 3.88. The topological polar surface area (TPSA) is 70.2 Å². The lowest BCUT2D eigenvalue weighted by atomic mass is 10.1.